The smallest absolute Gasteiger partial charge is 0.313 e. The first-order valence-corrected chi connectivity index (χ1v) is 9.92. The van der Waals surface area contributed by atoms with Crippen LogP contribution < -0.4 is 0 Å². The Kier molecular flexibility index (Phi) is 6.84. The highest BCUT2D eigenvalue weighted by Crippen LogP contribution is 2.43. The number of ether oxygens (including phenoxy) is 2. The van der Waals surface area contributed by atoms with Gasteiger partial charge in [0.25, 0.3) is 0 Å². The van der Waals surface area contributed by atoms with Crippen LogP contribution in [-0.4, -0.2) is 68.8 Å². The molecule has 0 aromatic heterocycles. The number of carbonyl (C=O) groups excluding carboxylic acids is 1. The summed E-state index contributed by atoms with van der Waals surface area (Å²) >= 11 is 0. The van der Waals surface area contributed by atoms with E-state index in [9.17, 15) is 9.18 Å². The van der Waals surface area contributed by atoms with E-state index in [0.717, 1.165) is 57.7 Å². The highest BCUT2D eigenvalue weighted by molar-refractivity contribution is 5.78. The molecule has 0 saturated carbocycles. The molecule has 150 valence electrons. The number of nitrogens with zero attached hydrogens (tertiary/aromatic N) is 2. The van der Waals surface area contributed by atoms with Crippen molar-refractivity contribution < 1.29 is 18.7 Å². The van der Waals surface area contributed by atoms with Crippen molar-refractivity contribution in [1.82, 2.24) is 9.80 Å². The number of fused-ring (bicyclic) bond motifs is 1. The van der Waals surface area contributed by atoms with Gasteiger partial charge in [0.1, 0.15) is 5.82 Å². The second-order valence-electron chi connectivity index (χ2n) is 7.77. The van der Waals surface area contributed by atoms with Gasteiger partial charge < -0.3 is 9.47 Å². The van der Waals surface area contributed by atoms with Crippen molar-refractivity contribution >= 4 is 5.97 Å². The first kappa shape index (κ1) is 20.2. The summed E-state index contributed by atoms with van der Waals surface area (Å²) in [6, 6.07) is 6.72. The van der Waals surface area contributed by atoms with Gasteiger partial charge in [-0.15, -0.1) is 0 Å². The molecule has 1 aromatic rings. The summed E-state index contributed by atoms with van der Waals surface area (Å²) in [6.45, 7) is 8.05. The number of hydrogen-bond acceptors (Lipinski definition) is 5. The first-order valence-electron chi connectivity index (χ1n) is 9.92. The van der Waals surface area contributed by atoms with E-state index in [2.05, 4.69) is 9.80 Å². The van der Waals surface area contributed by atoms with Crippen LogP contribution in [0.15, 0.2) is 24.3 Å². The van der Waals surface area contributed by atoms with Crippen LogP contribution >= 0.6 is 0 Å². The lowest BCUT2D eigenvalue weighted by Crippen LogP contribution is -2.42. The summed E-state index contributed by atoms with van der Waals surface area (Å²) in [4.78, 5) is 17.7. The maximum absolute atomic E-state index is 13.2. The van der Waals surface area contributed by atoms with E-state index in [1.807, 2.05) is 19.1 Å². The number of benzene rings is 1. The van der Waals surface area contributed by atoms with Gasteiger partial charge in [-0.2, -0.15) is 0 Å². The van der Waals surface area contributed by atoms with Crippen molar-refractivity contribution in [1.29, 1.82) is 0 Å². The van der Waals surface area contributed by atoms with E-state index in [1.54, 1.807) is 7.11 Å². The van der Waals surface area contributed by atoms with Crippen LogP contribution in [0.4, 0.5) is 4.39 Å². The van der Waals surface area contributed by atoms with Crippen molar-refractivity contribution in [2.24, 2.45) is 11.3 Å². The Morgan fingerprint density at radius 3 is 2.70 bits per heavy atom. The van der Waals surface area contributed by atoms with Crippen molar-refractivity contribution in [2.75, 3.05) is 53.0 Å². The molecule has 2 aliphatic heterocycles. The molecule has 2 aliphatic rings. The van der Waals surface area contributed by atoms with Crippen molar-refractivity contribution in [3.63, 3.8) is 0 Å². The van der Waals surface area contributed by atoms with Crippen LogP contribution in [0.3, 0.4) is 0 Å². The van der Waals surface area contributed by atoms with Crippen LogP contribution in [0.5, 0.6) is 0 Å². The second kappa shape index (κ2) is 9.13. The van der Waals surface area contributed by atoms with Crippen LogP contribution in [0.25, 0.3) is 0 Å². The van der Waals surface area contributed by atoms with E-state index >= 15 is 0 Å². The summed E-state index contributed by atoms with van der Waals surface area (Å²) in [5.41, 5.74) is 0.690. The molecule has 0 unspecified atom stereocenters. The quantitative estimate of drug-likeness (QED) is 0.682. The molecule has 0 N–H and O–H groups in total. The van der Waals surface area contributed by atoms with Gasteiger partial charge in [0, 0.05) is 45.8 Å². The molecule has 6 heteroatoms. The van der Waals surface area contributed by atoms with Gasteiger partial charge in [0.15, 0.2) is 0 Å². The predicted molar refractivity (Wildman–Crippen MR) is 102 cm³/mol. The Morgan fingerprint density at radius 2 is 2.00 bits per heavy atom. The lowest BCUT2D eigenvalue weighted by molar-refractivity contribution is -0.157. The van der Waals surface area contributed by atoms with Gasteiger partial charge in [0.2, 0.25) is 0 Å². The number of halogens is 1. The minimum Gasteiger partial charge on any atom is -0.466 e. The molecule has 5 nitrogen and oxygen atoms in total. The standard InChI is InChI=1S/C21H31FN2O3/c1-3-27-20(25)21-9-4-10-23(13-17-5-7-19(22)8-6-17)14-18(21)15-24(16-21)11-12-26-2/h5-8,18H,3-4,9-16H2,1-2H3/t18-,21-/m1/s1. The zero-order valence-corrected chi connectivity index (χ0v) is 16.5. The molecule has 2 heterocycles. The highest BCUT2D eigenvalue weighted by Gasteiger charge is 2.53. The first-order chi connectivity index (χ1) is 13.1. The Hall–Kier alpha value is -1.50. The van der Waals surface area contributed by atoms with E-state index in [1.165, 1.54) is 12.1 Å². The Morgan fingerprint density at radius 1 is 1.26 bits per heavy atom. The Labute approximate surface area is 161 Å². The topological polar surface area (TPSA) is 42.0 Å². The predicted octanol–water partition coefficient (Wildman–Crippen LogP) is 2.55. The Balaban J connectivity index is 1.74. The minimum absolute atomic E-state index is 0.0430. The fourth-order valence-corrected chi connectivity index (χ4v) is 4.61. The summed E-state index contributed by atoms with van der Waals surface area (Å²) in [6.07, 6.45) is 1.83. The molecule has 0 aliphatic carbocycles. The lowest BCUT2D eigenvalue weighted by Gasteiger charge is -2.31. The average Bonchev–Trinajstić information content (AvgIpc) is 2.91. The SMILES string of the molecule is CCOC(=O)[C@@]12CCCN(Cc3ccc(F)cc3)C[C@@H]1CN(CCOC)C2. The van der Waals surface area contributed by atoms with E-state index in [4.69, 9.17) is 9.47 Å². The molecule has 2 fully saturated rings. The molecule has 27 heavy (non-hydrogen) atoms. The molecule has 3 rings (SSSR count). The third-order valence-electron chi connectivity index (χ3n) is 5.95. The van der Waals surface area contributed by atoms with E-state index < -0.39 is 5.41 Å². The van der Waals surface area contributed by atoms with Crippen LogP contribution in [0.1, 0.15) is 25.3 Å². The van der Waals surface area contributed by atoms with Gasteiger partial charge in [-0.25, -0.2) is 4.39 Å². The highest BCUT2D eigenvalue weighted by atomic mass is 19.1. The van der Waals surface area contributed by atoms with Crippen LogP contribution in [-0.2, 0) is 20.8 Å². The molecular weight excluding hydrogens is 347 g/mol. The lowest BCUT2D eigenvalue weighted by atomic mass is 9.75. The van der Waals surface area contributed by atoms with Gasteiger partial charge in [0.05, 0.1) is 18.6 Å². The zero-order valence-electron chi connectivity index (χ0n) is 16.5. The maximum atomic E-state index is 13.2. The van der Waals surface area contributed by atoms with Crippen LogP contribution in [0.2, 0.25) is 0 Å². The van der Waals surface area contributed by atoms with E-state index in [-0.39, 0.29) is 17.7 Å². The Bertz CT molecular complexity index is 624. The number of hydrogen-bond donors (Lipinski definition) is 0. The van der Waals surface area contributed by atoms with Gasteiger partial charge in [-0.05, 0) is 44.0 Å². The molecule has 0 spiro atoms. The molecule has 2 saturated heterocycles. The van der Waals surface area contributed by atoms with Crippen molar-refractivity contribution in [3.05, 3.63) is 35.6 Å². The number of rotatable bonds is 7. The minimum atomic E-state index is -0.415. The monoisotopic (exact) mass is 378 g/mol. The maximum Gasteiger partial charge on any atom is 0.313 e. The number of esters is 1. The number of methoxy groups -OCH3 is 1. The average molecular weight is 378 g/mol. The van der Waals surface area contributed by atoms with Crippen molar-refractivity contribution in [3.8, 4) is 0 Å². The van der Waals surface area contributed by atoms with Gasteiger partial charge in [-0.3, -0.25) is 14.6 Å². The summed E-state index contributed by atoms with van der Waals surface area (Å²) in [5, 5.41) is 0. The fourth-order valence-electron chi connectivity index (χ4n) is 4.61. The molecular formula is C21H31FN2O3. The summed E-state index contributed by atoms with van der Waals surface area (Å²) < 4.78 is 23.9. The van der Waals surface area contributed by atoms with Crippen LogP contribution in [0, 0.1) is 17.2 Å². The third kappa shape index (κ3) is 4.68. The zero-order chi connectivity index (χ0) is 19.3. The van der Waals surface area contributed by atoms with Crippen molar-refractivity contribution in [2.45, 2.75) is 26.3 Å². The molecule has 0 amide bonds. The molecule has 0 radical (unpaired) electrons. The third-order valence-corrected chi connectivity index (χ3v) is 5.95. The fraction of sp³-hybridized carbons (Fsp3) is 0.667. The molecule has 2 atom stereocenters. The number of carbonyl (C=O) groups is 1. The molecule has 0 bridgehead atoms. The second-order valence-corrected chi connectivity index (χ2v) is 7.77. The largest absolute Gasteiger partial charge is 0.466 e. The summed E-state index contributed by atoms with van der Waals surface area (Å²) in [7, 11) is 1.71. The van der Waals surface area contributed by atoms with Gasteiger partial charge >= 0.3 is 5.97 Å². The molecule has 1 aromatic carbocycles. The van der Waals surface area contributed by atoms with Gasteiger partial charge in [-0.1, -0.05) is 12.1 Å². The number of likely N-dealkylation sites (tertiary alicyclic amines) is 2. The van der Waals surface area contributed by atoms with E-state index in [0.29, 0.717) is 13.2 Å². The summed E-state index contributed by atoms with van der Waals surface area (Å²) in [5.74, 6) is -0.00424. The normalized spacial score (nSPS) is 26.6.